The van der Waals surface area contributed by atoms with Crippen molar-refractivity contribution in [3.05, 3.63) is 63.6 Å². The van der Waals surface area contributed by atoms with E-state index in [9.17, 15) is 9.59 Å². The van der Waals surface area contributed by atoms with Crippen molar-refractivity contribution in [2.24, 2.45) is 0 Å². The lowest BCUT2D eigenvalue weighted by Crippen LogP contribution is -2.25. The maximum atomic E-state index is 12.7. The van der Waals surface area contributed by atoms with Crippen LogP contribution in [0.15, 0.2) is 42.5 Å². The Morgan fingerprint density at radius 2 is 2.10 bits per heavy atom. The largest absolute Gasteiger partial charge is 0.496 e. The minimum absolute atomic E-state index is 0.0651. The predicted molar refractivity (Wildman–Crippen MR) is 121 cm³/mol. The summed E-state index contributed by atoms with van der Waals surface area (Å²) in [6.07, 6.45) is 1.22. The molecule has 2 heterocycles. The third-order valence-corrected chi connectivity index (χ3v) is 6.44. The van der Waals surface area contributed by atoms with Crippen molar-refractivity contribution in [2.75, 3.05) is 23.9 Å². The van der Waals surface area contributed by atoms with Gasteiger partial charge in [0.2, 0.25) is 11.0 Å². The Labute approximate surface area is 189 Å². The normalized spacial score (nSPS) is 15.9. The maximum absolute atomic E-state index is 12.7. The number of rotatable bonds is 6. The quantitative estimate of drug-likeness (QED) is 0.588. The zero-order valence-corrected chi connectivity index (χ0v) is 18.7. The minimum Gasteiger partial charge on any atom is -0.496 e. The second-order valence-corrected chi connectivity index (χ2v) is 8.58. The molecule has 0 aliphatic carbocycles. The van der Waals surface area contributed by atoms with Crippen molar-refractivity contribution in [1.29, 1.82) is 0 Å². The highest BCUT2D eigenvalue weighted by Crippen LogP contribution is 2.36. The smallest absolute Gasteiger partial charge is 0.261 e. The van der Waals surface area contributed by atoms with Gasteiger partial charge in [-0.3, -0.25) is 14.9 Å². The van der Waals surface area contributed by atoms with Gasteiger partial charge >= 0.3 is 0 Å². The van der Waals surface area contributed by atoms with Crippen LogP contribution in [-0.2, 0) is 11.2 Å². The molecule has 2 amide bonds. The van der Waals surface area contributed by atoms with Gasteiger partial charge in [0, 0.05) is 29.6 Å². The van der Waals surface area contributed by atoms with Gasteiger partial charge in [0.05, 0.1) is 12.7 Å². The first-order valence-corrected chi connectivity index (χ1v) is 11.1. The molecular weight excluding hydrogens is 436 g/mol. The molecule has 4 rings (SSSR count). The molecule has 0 bridgehead atoms. The number of para-hydroxylation sites is 1. The molecule has 1 aliphatic rings. The van der Waals surface area contributed by atoms with Crippen molar-refractivity contribution in [3.8, 4) is 5.75 Å². The van der Waals surface area contributed by atoms with Gasteiger partial charge in [0.1, 0.15) is 10.8 Å². The molecule has 3 aromatic rings. The van der Waals surface area contributed by atoms with Crippen molar-refractivity contribution >= 4 is 45.6 Å². The van der Waals surface area contributed by atoms with Crippen LogP contribution in [0.5, 0.6) is 5.75 Å². The number of methoxy groups -OCH3 is 1. The van der Waals surface area contributed by atoms with Gasteiger partial charge in [-0.15, -0.1) is 10.2 Å². The molecular formula is C22H21ClN4O3S. The molecule has 2 aromatic carbocycles. The van der Waals surface area contributed by atoms with E-state index in [0.29, 0.717) is 34.4 Å². The molecule has 0 spiro atoms. The van der Waals surface area contributed by atoms with E-state index >= 15 is 0 Å². The van der Waals surface area contributed by atoms with Gasteiger partial charge in [-0.25, -0.2) is 0 Å². The van der Waals surface area contributed by atoms with Crippen molar-refractivity contribution in [2.45, 2.75) is 25.7 Å². The van der Waals surface area contributed by atoms with E-state index in [1.807, 2.05) is 29.2 Å². The molecule has 1 N–H and O–H groups in total. The number of carbonyl (C=O) groups is 2. The van der Waals surface area contributed by atoms with Crippen LogP contribution in [0.4, 0.5) is 10.8 Å². The second kappa shape index (κ2) is 9.03. The first-order chi connectivity index (χ1) is 15.0. The molecule has 1 aliphatic heterocycles. The van der Waals surface area contributed by atoms with Gasteiger partial charge < -0.3 is 9.64 Å². The lowest BCUT2D eigenvalue weighted by Gasteiger charge is -2.19. The number of aryl methyl sites for hydroxylation is 1. The molecule has 0 radical (unpaired) electrons. The molecule has 1 saturated heterocycles. The number of nitrogens with one attached hydrogen (secondary N) is 1. The fraction of sp³-hybridized carbons (Fsp3) is 0.273. The van der Waals surface area contributed by atoms with Crippen LogP contribution >= 0.6 is 22.9 Å². The highest BCUT2D eigenvalue weighted by atomic mass is 35.5. The highest BCUT2D eigenvalue weighted by molar-refractivity contribution is 7.15. The Bertz CT molecular complexity index is 1130. The number of aromatic nitrogens is 2. The fourth-order valence-corrected chi connectivity index (χ4v) is 4.65. The van der Waals surface area contributed by atoms with E-state index in [1.165, 1.54) is 24.5 Å². The van der Waals surface area contributed by atoms with Crippen LogP contribution in [0, 0.1) is 0 Å². The summed E-state index contributed by atoms with van der Waals surface area (Å²) < 4.78 is 5.24. The van der Waals surface area contributed by atoms with Crippen LogP contribution in [0.1, 0.15) is 40.2 Å². The van der Waals surface area contributed by atoms with Crippen LogP contribution in [-0.4, -0.2) is 35.7 Å². The summed E-state index contributed by atoms with van der Waals surface area (Å²) in [6, 6.07) is 12.8. The van der Waals surface area contributed by atoms with Crippen molar-refractivity contribution in [3.63, 3.8) is 0 Å². The van der Waals surface area contributed by atoms with Gasteiger partial charge in [-0.2, -0.15) is 0 Å². The van der Waals surface area contributed by atoms with E-state index in [1.54, 1.807) is 12.1 Å². The Morgan fingerprint density at radius 3 is 2.87 bits per heavy atom. The Balaban J connectivity index is 1.49. The van der Waals surface area contributed by atoms with E-state index in [0.717, 1.165) is 22.7 Å². The van der Waals surface area contributed by atoms with Gasteiger partial charge in [0.25, 0.3) is 5.91 Å². The first-order valence-electron chi connectivity index (χ1n) is 9.86. The van der Waals surface area contributed by atoms with E-state index in [4.69, 9.17) is 16.3 Å². The van der Waals surface area contributed by atoms with E-state index in [-0.39, 0.29) is 17.7 Å². The molecule has 9 heteroatoms. The van der Waals surface area contributed by atoms with Gasteiger partial charge in [0.15, 0.2) is 0 Å². The van der Waals surface area contributed by atoms with E-state index < -0.39 is 0 Å². The summed E-state index contributed by atoms with van der Waals surface area (Å²) in [7, 11) is 1.49. The summed E-state index contributed by atoms with van der Waals surface area (Å²) >= 11 is 7.29. The number of halogens is 1. The molecule has 1 atom stereocenters. The summed E-state index contributed by atoms with van der Waals surface area (Å²) in [5.74, 6) is 0.0259. The maximum Gasteiger partial charge on any atom is 0.261 e. The van der Waals surface area contributed by atoms with Crippen LogP contribution in [0.3, 0.4) is 0 Å². The number of hydrogen-bond donors (Lipinski definition) is 1. The average molecular weight is 457 g/mol. The SMILES string of the molecule is CCc1ccccc1N1C[C@@H](c2nnc(NC(=O)c3cc(Cl)ccc3OC)s2)CC1=O. The fourth-order valence-electron chi connectivity index (χ4n) is 3.65. The number of anilines is 2. The zero-order valence-electron chi connectivity index (χ0n) is 17.1. The van der Waals surface area contributed by atoms with Crippen molar-refractivity contribution < 1.29 is 14.3 Å². The van der Waals surface area contributed by atoms with Crippen LogP contribution < -0.4 is 15.0 Å². The average Bonchev–Trinajstić information content (AvgIpc) is 3.40. The lowest BCUT2D eigenvalue weighted by molar-refractivity contribution is -0.117. The molecule has 1 aromatic heterocycles. The second-order valence-electron chi connectivity index (χ2n) is 7.13. The van der Waals surface area contributed by atoms with Gasteiger partial charge in [-0.1, -0.05) is 48.1 Å². The predicted octanol–water partition coefficient (Wildman–Crippen LogP) is 4.54. The summed E-state index contributed by atoms with van der Waals surface area (Å²) in [5.41, 5.74) is 2.39. The summed E-state index contributed by atoms with van der Waals surface area (Å²) in [4.78, 5) is 27.2. The van der Waals surface area contributed by atoms with Gasteiger partial charge in [-0.05, 0) is 36.2 Å². The number of amides is 2. The molecule has 7 nitrogen and oxygen atoms in total. The molecule has 1 fully saturated rings. The molecule has 160 valence electrons. The molecule has 0 saturated carbocycles. The third kappa shape index (κ3) is 4.40. The Morgan fingerprint density at radius 1 is 1.29 bits per heavy atom. The van der Waals surface area contributed by atoms with Crippen LogP contribution in [0.25, 0.3) is 0 Å². The number of ether oxygens (including phenoxy) is 1. The Kier molecular flexibility index (Phi) is 6.20. The number of hydrogen-bond acceptors (Lipinski definition) is 6. The summed E-state index contributed by atoms with van der Waals surface area (Å²) in [5, 5.41) is 12.6. The number of nitrogens with zero attached hydrogens (tertiary/aromatic N) is 3. The highest BCUT2D eigenvalue weighted by Gasteiger charge is 2.34. The number of benzene rings is 2. The minimum atomic E-state index is -0.386. The third-order valence-electron chi connectivity index (χ3n) is 5.20. The van der Waals surface area contributed by atoms with Crippen molar-refractivity contribution in [1.82, 2.24) is 10.2 Å². The number of carbonyl (C=O) groups excluding carboxylic acids is 2. The first kappa shape index (κ1) is 21.3. The zero-order chi connectivity index (χ0) is 22.0. The van der Waals surface area contributed by atoms with Crippen LogP contribution in [0.2, 0.25) is 5.02 Å². The molecule has 31 heavy (non-hydrogen) atoms. The topological polar surface area (TPSA) is 84.4 Å². The Hall–Kier alpha value is -2.97. The molecule has 0 unspecified atom stereocenters. The van der Waals surface area contributed by atoms with E-state index in [2.05, 4.69) is 22.4 Å². The standard InChI is InChI=1S/C22H21ClN4O3S/c1-3-13-6-4-5-7-17(13)27-12-14(10-19(27)28)21-25-26-22(31-21)24-20(29)16-11-15(23)8-9-18(16)30-2/h4-9,11,14H,3,10,12H2,1-2H3,(H,24,26,29)/t14-/m0/s1. The summed E-state index contributed by atoms with van der Waals surface area (Å²) in [6.45, 7) is 2.62. The lowest BCUT2D eigenvalue weighted by atomic mass is 10.1. The monoisotopic (exact) mass is 456 g/mol.